The Hall–Kier alpha value is -2.68. The van der Waals surface area contributed by atoms with E-state index in [4.69, 9.17) is 4.99 Å². The Kier molecular flexibility index (Phi) is 6.59. The Balaban J connectivity index is 1.77. The number of nitrogens with zero attached hydrogens (tertiary/aromatic N) is 1. The van der Waals surface area contributed by atoms with Gasteiger partial charge in [-0.1, -0.05) is 74.0 Å². The maximum atomic E-state index is 12.8. The molecule has 2 aromatic rings. The Morgan fingerprint density at radius 1 is 1.04 bits per heavy atom. The zero-order valence-electron chi connectivity index (χ0n) is 15.9. The molecule has 1 N–H and O–H groups in total. The van der Waals surface area contributed by atoms with Crippen molar-refractivity contribution >= 4 is 11.5 Å². The van der Waals surface area contributed by atoms with Crippen molar-refractivity contribution in [3.8, 4) is 0 Å². The second-order valence-corrected chi connectivity index (χ2v) is 7.07. The van der Waals surface area contributed by atoms with Crippen LogP contribution in [0.15, 0.2) is 77.0 Å². The highest BCUT2D eigenvalue weighted by atomic mass is 16.3. The smallest absolute Gasteiger partial charge is 0.168 e. The molecule has 1 aliphatic carbocycles. The van der Waals surface area contributed by atoms with E-state index in [1.54, 1.807) is 0 Å². The summed E-state index contributed by atoms with van der Waals surface area (Å²) in [5.74, 6) is 0.265. The summed E-state index contributed by atoms with van der Waals surface area (Å²) in [6.07, 6.45) is 3.40. The fraction of sp³-hybridized carbons (Fsp3) is 0.333. The summed E-state index contributed by atoms with van der Waals surface area (Å²) in [4.78, 5) is 17.5. The first-order valence-electron chi connectivity index (χ1n) is 9.77. The quantitative estimate of drug-likeness (QED) is 0.669. The largest absolute Gasteiger partial charge is 0.511 e. The molecule has 1 atom stereocenters. The van der Waals surface area contributed by atoms with Gasteiger partial charge in [-0.15, -0.1) is 0 Å². The van der Waals surface area contributed by atoms with E-state index >= 15 is 0 Å². The molecule has 0 aliphatic heterocycles. The molecule has 0 spiro atoms. The molecule has 0 amide bonds. The van der Waals surface area contributed by atoms with Crippen LogP contribution < -0.4 is 0 Å². The fourth-order valence-electron chi connectivity index (χ4n) is 3.67. The Morgan fingerprint density at radius 2 is 1.70 bits per heavy atom. The highest BCUT2D eigenvalue weighted by Crippen LogP contribution is 2.34. The van der Waals surface area contributed by atoms with Gasteiger partial charge in [0, 0.05) is 25.1 Å². The van der Waals surface area contributed by atoms with E-state index in [1.165, 1.54) is 5.56 Å². The van der Waals surface area contributed by atoms with Crippen molar-refractivity contribution < 1.29 is 9.90 Å². The molecule has 3 rings (SSSR count). The van der Waals surface area contributed by atoms with Crippen molar-refractivity contribution in [3.05, 3.63) is 83.1 Å². The fourth-order valence-corrected chi connectivity index (χ4v) is 3.67. The van der Waals surface area contributed by atoms with Gasteiger partial charge in [0.15, 0.2) is 5.78 Å². The van der Waals surface area contributed by atoms with Crippen LogP contribution in [-0.2, 0) is 11.2 Å². The second-order valence-electron chi connectivity index (χ2n) is 7.07. The zero-order chi connectivity index (χ0) is 19.1. The van der Waals surface area contributed by atoms with Crippen molar-refractivity contribution in [2.24, 2.45) is 4.99 Å². The van der Waals surface area contributed by atoms with Crippen LogP contribution in [-0.4, -0.2) is 23.1 Å². The lowest BCUT2D eigenvalue weighted by Gasteiger charge is -2.24. The first kappa shape index (κ1) is 19.1. The highest BCUT2D eigenvalue weighted by Gasteiger charge is 2.30. The molecule has 27 heavy (non-hydrogen) atoms. The number of hydrogen-bond donors (Lipinski definition) is 1. The Labute approximate surface area is 161 Å². The number of allylic oxidation sites excluding steroid dienone is 2. The van der Waals surface area contributed by atoms with E-state index in [9.17, 15) is 9.90 Å². The first-order chi connectivity index (χ1) is 13.2. The van der Waals surface area contributed by atoms with Crippen LogP contribution in [0.3, 0.4) is 0 Å². The topological polar surface area (TPSA) is 49.7 Å². The molecule has 1 aliphatic rings. The lowest BCUT2D eigenvalue weighted by Crippen LogP contribution is -2.24. The molecule has 0 bridgehead atoms. The summed E-state index contributed by atoms with van der Waals surface area (Å²) in [7, 11) is 0. The highest BCUT2D eigenvalue weighted by molar-refractivity contribution is 6.23. The van der Waals surface area contributed by atoms with Gasteiger partial charge in [-0.2, -0.15) is 0 Å². The Bertz CT molecular complexity index is 822. The van der Waals surface area contributed by atoms with Crippen LogP contribution >= 0.6 is 0 Å². The average molecular weight is 361 g/mol. The van der Waals surface area contributed by atoms with Crippen molar-refractivity contribution in [3.63, 3.8) is 0 Å². The minimum Gasteiger partial charge on any atom is -0.511 e. The Morgan fingerprint density at radius 3 is 2.33 bits per heavy atom. The van der Waals surface area contributed by atoms with E-state index in [-0.39, 0.29) is 17.5 Å². The van der Waals surface area contributed by atoms with Gasteiger partial charge in [0.1, 0.15) is 5.76 Å². The van der Waals surface area contributed by atoms with Crippen LogP contribution in [0, 0.1) is 0 Å². The first-order valence-corrected chi connectivity index (χ1v) is 9.77. The molecular weight excluding hydrogens is 334 g/mol. The third-order valence-electron chi connectivity index (χ3n) is 5.03. The van der Waals surface area contributed by atoms with Gasteiger partial charge in [0.2, 0.25) is 0 Å². The lowest BCUT2D eigenvalue weighted by atomic mass is 9.81. The standard InChI is InChI=1S/C24H27NO2/c1-2-9-21(25-15-14-18-10-5-3-6-11-18)24-22(26)16-20(17-23(24)27)19-12-7-4-8-13-19/h3-8,10-13,20,26H,2,9,14-17H2,1H3. The predicted molar refractivity (Wildman–Crippen MR) is 110 cm³/mol. The van der Waals surface area contributed by atoms with E-state index in [0.29, 0.717) is 25.0 Å². The summed E-state index contributed by atoms with van der Waals surface area (Å²) in [5.41, 5.74) is 3.57. The number of hydrogen-bond acceptors (Lipinski definition) is 3. The monoisotopic (exact) mass is 361 g/mol. The molecule has 0 aromatic heterocycles. The lowest BCUT2D eigenvalue weighted by molar-refractivity contribution is -0.116. The molecule has 0 heterocycles. The van der Waals surface area contributed by atoms with Gasteiger partial charge in [0.05, 0.1) is 5.57 Å². The van der Waals surface area contributed by atoms with Crippen molar-refractivity contribution in [2.75, 3.05) is 6.54 Å². The van der Waals surface area contributed by atoms with E-state index in [2.05, 4.69) is 19.1 Å². The third-order valence-corrected chi connectivity index (χ3v) is 5.03. The number of benzene rings is 2. The zero-order valence-corrected chi connectivity index (χ0v) is 15.9. The molecule has 0 radical (unpaired) electrons. The summed E-state index contributed by atoms with van der Waals surface area (Å²) in [6.45, 7) is 2.70. The van der Waals surface area contributed by atoms with E-state index in [1.807, 2.05) is 48.5 Å². The van der Waals surface area contributed by atoms with Gasteiger partial charge in [-0.05, 0) is 29.9 Å². The van der Waals surface area contributed by atoms with Gasteiger partial charge < -0.3 is 5.11 Å². The maximum Gasteiger partial charge on any atom is 0.168 e. The van der Waals surface area contributed by atoms with Gasteiger partial charge in [-0.25, -0.2) is 0 Å². The summed E-state index contributed by atoms with van der Waals surface area (Å²) in [5, 5.41) is 10.7. The molecule has 0 saturated carbocycles. The van der Waals surface area contributed by atoms with Gasteiger partial charge in [0.25, 0.3) is 0 Å². The molecule has 2 aromatic carbocycles. The second kappa shape index (κ2) is 9.31. The molecule has 1 unspecified atom stereocenters. The van der Waals surface area contributed by atoms with Crippen LogP contribution in [0.1, 0.15) is 49.7 Å². The number of aliphatic hydroxyl groups excluding tert-OH is 1. The van der Waals surface area contributed by atoms with Crippen LogP contribution in [0.5, 0.6) is 0 Å². The molecule has 3 heteroatoms. The molecule has 3 nitrogen and oxygen atoms in total. The molecule has 140 valence electrons. The number of carbonyl (C=O) groups is 1. The summed E-state index contributed by atoms with van der Waals surface area (Å²) in [6, 6.07) is 20.2. The average Bonchev–Trinajstić information content (AvgIpc) is 2.69. The minimum absolute atomic E-state index is 0.0134. The molecular formula is C24H27NO2. The molecule has 0 fully saturated rings. The van der Waals surface area contributed by atoms with Crippen LogP contribution in [0.25, 0.3) is 0 Å². The van der Waals surface area contributed by atoms with Crippen molar-refractivity contribution in [1.29, 1.82) is 0 Å². The van der Waals surface area contributed by atoms with E-state index in [0.717, 1.165) is 30.5 Å². The third kappa shape index (κ3) is 4.94. The normalized spacial score (nSPS) is 18.0. The van der Waals surface area contributed by atoms with Crippen molar-refractivity contribution in [2.45, 2.75) is 44.9 Å². The number of aliphatic imine (C=N–C) groups is 1. The summed E-state index contributed by atoms with van der Waals surface area (Å²) >= 11 is 0. The van der Waals surface area contributed by atoms with Crippen molar-refractivity contribution in [1.82, 2.24) is 0 Å². The van der Waals surface area contributed by atoms with Gasteiger partial charge in [-0.3, -0.25) is 9.79 Å². The SMILES string of the molecule is CCCC(=NCCc1ccccc1)C1=C(O)CC(c2ccccc2)CC1=O. The van der Waals surface area contributed by atoms with Crippen LogP contribution in [0.2, 0.25) is 0 Å². The molecule has 0 saturated heterocycles. The summed E-state index contributed by atoms with van der Waals surface area (Å²) < 4.78 is 0. The number of aliphatic hydroxyl groups is 1. The number of Topliss-reactive ketones (excluding diaryl/α,β-unsaturated/α-hetero) is 1. The number of rotatable bonds is 7. The predicted octanol–water partition coefficient (Wildman–Crippen LogP) is 5.43. The van der Waals surface area contributed by atoms with Crippen LogP contribution in [0.4, 0.5) is 0 Å². The number of carbonyl (C=O) groups excluding carboxylic acids is 1. The van der Waals surface area contributed by atoms with Gasteiger partial charge >= 0.3 is 0 Å². The maximum absolute atomic E-state index is 12.8. The van der Waals surface area contributed by atoms with E-state index < -0.39 is 0 Å². The number of ketones is 1. The minimum atomic E-state index is 0.0134.